The molecule has 2 aromatic rings. The normalized spacial score (nSPS) is 26.1. The largest absolute Gasteiger partial charge is 0.366 e. The summed E-state index contributed by atoms with van der Waals surface area (Å²) in [6, 6.07) is 11.6. The third kappa shape index (κ3) is 3.26. The minimum Gasteiger partial charge on any atom is -0.366 e. The second-order valence-corrected chi connectivity index (χ2v) is 6.90. The monoisotopic (exact) mass is 356 g/mol. The Labute approximate surface area is 151 Å². The van der Waals surface area contributed by atoms with Gasteiger partial charge in [0.1, 0.15) is 5.82 Å². The van der Waals surface area contributed by atoms with E-state index in [1.807, 2.05) is 36.0 Å². The number of nitrogens with zero attached hydrogens (tertiary/aromatic N) is 2. The molecule has 0 fully saturated rings. The number of benzene rings is 1. The highest BCUT2D eigenvalue weighted by Gasteiger charge is 2.51. The van der Waals surface area contributed by atoms with Crippen LogP contribution in [0.1, 0.15) is 30.0 Å². The van der Waals surface area contributed by atoms with Gasteiger partial charge in [0.15, 0.2) is 18.1 Å². The Balaban J connectivity index is 2.26. The third-order valence-electron chi connectivity index (χ3n) is 4.45. The molecule has 3 atom stereocenters. The van der Waals surface area contributed by atoms with Gasteiger partial charge in [-0.25, -0.2) is 4.39 Å². The lowest BCUT2D eigenvalue weighted by Gasteiger charge is -2.39. The molecule has 0 aliphatic carbocycles. The van der Waals surface area contributed by atoms with Gasteiger partial charge in [0.2, 0.25) is 6.04 Å². The minimum atomic E-state index is -1.38. The van der Waals surface area contributed by atoms with Crippen molar-refractivity contribution in [2.75, 3.05) is 0 Å². The number of aromatic nitrogens is 1. The third-order valence-corrected chi connectivity index (χ3v) is 4.80. The number of aliphatic hydroxyl groups is 1. The van der Waals surface area contributed by atoms with Gasteiger partial charge in [-0.3, -0.25) is 0 Å². The van der Waals surface area contributed by atoms with Gasteiger partial charge in [-0.05, 0) is 37.6 Å². The first-order valence-electron chi connectivity index (χ1n) is 7.90. The summed E-state index contributed by atoms with van der Waals surface area (Å²) >= 11 is 4.34. The molecule has 25 heavy (non-hydrogen) atoms. The number of pyridine rings is 1. The molecule has 3 unspecified atom stereocenters. The highest BCUT2D eigenvalue weighted by molar-refractivity contribution is 7.84. The van der Waals surface area contributed by atoms with Gasteiger partial charge in [-0.1, -0.05) is 12.1 Å². The van der Waals surface area contributed by atoms with Crippen LogP contribution in [0.3, 0.4) is 0 Å². The molecule has 1 aromatic carbocycles. The smallest absolute Gasteiger partial charge is 0.216 e. The Morgan fingerprint density at radius 1 is 1.36 bits per heavy atom. The molecule has 6 heteroatoms. The van der Waals surface area contributed by atoms with Crippen molar-refractivity contribution in [2.45, 2.75) is 31.5 Å². The van der Waals surface area contributed by atoms with Gasteiger partial charge < -0.3 is 10.4 Å². The van der Waals surface area contributed by atoms with Crippen molar-refractivity contribution in [2.24, 2.45) is 0 Å². The zero-order chi connectivity index (χ0) is 18.2. The predicted molar refractivity (Wildman–Crippen MR) is 94.9 cm³/mol. The Bertz CT molecular complexity index is 888. The summed E-state index contributed by atoms with van der Waals surface area (Å²) in [6.45, 7) is 3.58. The fraction of sp³-hybridized carbons (Fsp3) is 0.263. The van der Waals surface area contributed by atoms with Crippen LogP contribution in [-0.4, -0.2) is 10.8 Å². The molecule has 0 saturated carbocycles. The van der Waals surface area contributed by atoms with E-state index in [0.29, 0.717) is 16.2 Å². The number of thiol groups is 1. The number of hydrogen-bond donors (Lipinski definition) is 3. The van der Waals surface area contributed by atoms with Crippen molar-refractivity contribution in [1.82, 2.24) is 5.32 Å². The summed E-state index contributed by atoms with van der Waals surface area (Å²) in [5.41, 5.74) is 0.603. The lowest BCUT2D eigenvalue weighted by Crippen LogP contribution is -2.62. The molecule has 0 amide bonds. The summed E-state index contributed by atoms with van der Waals surface area (Å²) in [4.78, 5) is 0. The van der Waals surface area contributed by atoms with Crippen LogP contribution in [0.5, 0.6) is 0 Å². The number of halogens is 1. The lowest BCUT2D eigenvalue weighted by molar-refractivity contribution is -0.741. The molecule has 1 aliphatic heterocycles. The van der Waals surface area contributed by atoms with Crippen LogP contribution in [-0.2, 0) is 0 Å². The SMILES string of the molecule is Cc1ccc[n+](C2C(c3cccc(F)c3)C(C#N)=C(S)NC2(C)O)c1. The van der Waals surface area contributed by atoms with Crippen LogP contribution < -0.4 is 9.88 Å². The molecule has 1 aliphatic rings. The van der Waals surface area contributed by atoms with E-state index in [1.165, 1.54) is 12.1 Å². The lowest BCUT2D eigenvalue weighted by atomic mass is 9.78. The van der Waals surface area contributed by atoms with Gasteiger partial charge in [-0.15, -0.1) is 12.6 Å². The molecule has 0 bridgehead atoms. The number of aryl methyl sites for hydroxylation is 1. The van der Waals surface area contributed by atoms with Gasteiger partial charge >= 0.3 is 0 Å². The second-order valence-electron chi connectivity index (χ2n) is 6.45. The van der Waals surface area contributed by atoms with Crippen molar-refractivity contribution in [3.05, 3.63) is 76.3 Å². The first-order valence-corrected chi connectivity index (χ1v) is 8.35. The summed E-state index contributed by atoms with van der Waals surface area (Å²) < 4.78 is 15.7. The summed E-state index contributed by atoms with van der Waals surface area (Å²) in [5.74, 6) is -0.932. The summed E-state index contributed by atoms with van der Waals surface area (Å²) in [6.07, 6.45) is 3.73. The number of hydrogen-bond acceptors (Lipinski definition) is 4. The number of rotatable bonds is 2. The van der Waals surface area contributed by atoms with E-state index in [-0.39, 0.29) is 5.82 Å². The molecule has 0 spiro atoms. The molecule has 2 heterocycles. The Hall–Kier alpha value is -2.36. The minimum absolute atomic E-state index is 0.297. The van der Waals surface area contributed by atoms with E-state index in [1.54, 1.807) is 19.1 Å². The van der Waals surface area contributed by atoms with Crippen molar-refractivity contribution >= 4 is 12.6 Å². The quantitative estimate of drug-likeness (QED) is 0.573. The predicted octanol–water partition coefficient (Wildman–Crippen LogP) is 2.72. The first-order chi connectivity index (χ1) is 11.8. The Kier molecular flexibility index (Phi) is 4.55. The maximum atomic E-state index is 13.8. The van der Waals surface area contributed by atoms with Crippen LogP contribution in [0.2, 0.25) is 0 Å². The van der Waals surface area contributed by atoms with Crippen LogP contribution in [0.15, 0.2) is 59.4 Å². The van der Waals surface area contributed by atoms with E-state index >= 15 is 0 Å². The molecular formula is C19H19FN3OS+. The van der Waals surface area contributed by atoms with E-state index in [4.69, 9.17) is 0 Å². The van der Waals surface area contributed by atoms with E-state index < -0.39 is 17.7 Å². The van der Waals surface area contributed by atoms with E-state index in [2.05, 4.69) is 24.0 Å². The second kappa shape index (κ2) is 6.51. The zero-order valence-electron chi connectivity index (χ0n) is 13.9. The maximum Gasteiger partial charge on any atom is 0.216 e. The van der Waals surface area contributed by atoms with Crippen molar-refractivity contribution in [3.63, 3.8) is 0 Å². The molecule has 3 rings (SSSR count). The molecule has 2 N–H and O–H groups in total. The highest BCUT2D eigenvalue weighted by Crippen LogP contribution is 2.43. The molecule has 1 aromatic heterocycles. The zero-order valence-corrected chi connectivity index (χ0v) is 14.8. The van der Waals surface area contributed by atoms with Crippen molar-refractivity contribution in [1.29, 1.82) is 5.26 Å². The first kappa shape index (κ1) is 17.5. The molecule has 128 valence electrons. The summed E-state index contributed by atoms with van der Waals surface area (Å²) in [5, 5.41) is 23.9. The van der Waals surface area contributed by atoms with Crippen molar-refractivity contribution in [3.8, 4) is 6.07 Å². The highest BCUT2D eigenvalue weighted by atomic mass is 32.1. The molecule has 0 radical (unpaired) electrons. The Morgan fingerprint density at radius 2 is 2.12 bits per heavy atom. The van der Waals surface area contributed by atoms with Crippen LogP contribution in [0.4, 0.5) is 4.39 Å². The Morgan fingerprint density at radius 3 is 2.76 bits per heavy atom. The van der Waals surface area contributed by atoms with Gasteiger partial charge in [0.25, 0.3) is 0 Å². The maximum absolute atomic E-state index is 13.8. The molecule has 4 nitrogen and oxygen atoms in total. The topological polar surface area (TPSA) is 59.9 Å². The molecule has 0 saturated heterocycles. The fourth-order valence-corrected chi connectivity index (χ4v) is 3.85. The van der Waals surface area contributed by atoms with Crippen LogP contribution in [0.25, 0.3) is 0 Å². The average Bonchev–Trinajstić information content (AvgIpc) is 2.53. The van der Waals surface area contributed by atoms with Crippen molar-refractivity contribution < 1.29 is 14.1 Å². The van der Waals surface area contributed by atoms with Gasteiger partial charge in [0, 0.05) is 11.6 Å². The van der Waals surface area contributed by atoms with Crippen LogP contribution in [0, 0.1) is 24.1 Å². The summed E-state index contributed by atoms with van der Waals surface area (Å²) in [7, 11) is 0. The molecular weight excluding hydrogens is 337 g/mol. The van der Waals surface area contributed by atoms with Crippen LogP contribution >= 0.6 is 12.6 Å². The standard InChI is InChI=1S/C19H18FN3OS/c1-12-5-4-8-23(11-12)17-16(13-6-3-7-14(20)9-13)15(10-21)18(25)22-19(17,2)24/h3-9,11,16-17,22,24H,1-2H3/p+1. The number of nitriles is 1. The average molecular weight is 356 g/mol. The van der Waals surface area contributed by atoms with E-state index in [9.17, 15) is 14.8 Å². The van der Waals surface area contributed by atoms with Gasteiger partial charge in [0.05, 0.1) is 22.6 Å². The van der Waals surface area contributed by atoms with E-state index in [0.717, 1.165) is 5.56 Å². The number of allylic oxidation sites excluding steroid dienone is 1. The van der Waals surface area contributed by atoms with Gasteiger partial charge in [-0.2, -0.15) is 9.83 Å². The fourth-order valence-electron chi connectivity index (χ4n) is 3.43. The number of nitrogens with one attached hydrogen (secondary N) is 1.